The van der Waals surface area contributed by atoms with Crippen molar-refractivity contribution in [3.05, 3.63) is 97.5 Å². The maximum atomic E-state index is 12.5. The van der Waals surface area contributed by atoms with Crippen molar-refractivity contribution in [3.8, 4) is 16.9 Å². The average molecular weight is 380 g/mol. The number of carbonyl (C=O) groups is 1. The molecule has 5 rings (SSSR count). The molecule has 1 N–H and O–H groups in total. The minimum atomic E-state index is -0.282. The highest BCUT2D eigenvalue weighted by atomic mass is 16.1. The van der Waals surface area contributed by atoms with Gasteiger partial charge in [0.1, 0.15) is 5.82 Å². The number of rotatable bonds is 4. The number of nitrogens with zero attached hydrogens (tertiary/aromatic N) is 5. The van der Waals surface area contributed by atoms with Crippen LogP contribution in [0.3, 0.4) is 0 Å². The summed E-state index contributed by atoms with van der Waals surface area (Å²) in [5.74, 6) is 0.562. The molecule has 0 spiro atoms. The van der Waals surface area contributed by atoms with Gasteiger partial charge in [-0.3, -0.25) is 14.8 Å². The monoisotopic (exact) mass is 380 g/mol. The number of nitrogens with one attached hydrogen (secondary N) is 1. The van der Waals surface area contributed by atoms with E-state index in [0.717, 1.165) is 22.5 Å². The van der Waals surface area contributed by atoms with Crippen molar-refractivity contribution in [2.75, 3.05) is 5.32 Å². The summed E-state index contributed by atoms with van der Waals surface area (Å²) in [6, 6.07) is 17.3. The Bertz CT molecular complexity index is 1290. The zero-order valence-electron chi connectivity index (χ0n) is 15.3. The summed E-state index contributed by atoms with van der Waals surface area (Å²) in [6.07, 6.45) is 10.6. The molecule has 0 bridgehead atoms. The zero-order valence-corrected chi connectivity index (χ0v) is 15.3. The first-order valence-corrected chi connectivity index (χ1v) is 9.07. The van der Waals surface area contributed by atoms with E-state index in [1.54, 1.807) is 53.9 Å². The molecule has 0 radical (unpaired) electrons. The van der Waals surface area contributed by atoms with Gasteiger partial charge in [0.25, 0.3) is 5.91 Å². The fourth-order valence-corrected chi connectivity index (χ4v) is 3.19. The Morgan fingerprint density at radius 3 is 2.55 bits per heavy atom. The molecule has 5 heterocycles. The van der Waals surface area contributed by atoms with E-state index in [2.05, 4.69) is 38.7 Å². The number of aromatic nitrogens is 5. The van der Waals surface area contributed by atoms with Crippen LogP contribution in [0.25, 0.3) is 22.5 Å². The Morgan fingerprint density at radius 1 is 0.862 bits per heavy atom. The standard InChI is InChI=1S/C22H16N6O/c29-22(25-18-2-1-10-24-14-18)20-9-13-28(26-20)21-6-5-19-4-3-17(15-27(19)21)16-7-11-23-12-8-16/h1-15H,(H,25,29). The second kappa shape index (κ2) is 7.05. The van der Waals surface area contributed by atoms with Crippen LogP contribution in [-0.4, -0.2) is 30.1 Å². The van der Waals surface area contributed by atoms with Crippen LogP contribution in [-0.2, 0) is 0 Å². The number of anilines is 1. The van der Waals surface area contributed by atoms with Gasteiger partial charge in [0.2, 0.25) is 0 Å². The quantitative estimate of drug-likeness (QED) is 0.514. The zero-order chi connectivity index (χ0) is 19.6. The van der Waals surface area contributed by atoms with Gasteiger partial charge >= 0.3 is 0 Å². The molecule has 0 fully saturated rings. The van der Waals surface area contributed by atoms with E-state index in [0.29, 0.717) is 11.4 Å². The van der Waals surface area contributed by atoms with Gasteiger partial charge in [-0.1, -0.05) is 6.07 Å². The number of hydrogen-bond acceptors (Lipinski definition) is 4. The predicted octanol–water partition coefficient (Wildman–Crippen LogP) is 3.83. The van der Waals surface area contributed by atoms with E-state index < -0.39 is 0 Å². The van der Waals surface area contributed by atoms with Crippen molar-refractivity contribution in [3.63, 3.8) is 0 Å². The number of carbonyl (C=O) groups excluding carboxylic acids is 1. The Labute approximate surface area is 166 Å². The molecule has 0 aliphatic carbocycles. The normalized spacial score (nSPS) is 10.9. The topological polar surface area (TPSA) is 77.1 Å². The Morgan fingerprint density at radius 2 is 1.72 bits per heavy atom. The molecule has 7 nitrogen and oxygen atoms in total. The Balaban J connectivity index is 1.48. The van der Waals surface area contributed by atoms with E-state index in [1.807, 2.05) is 28.7 Å². The van der Waals surface area contributed by atoms with Gasteiger partial charge < -0.3 is 9.72 Å². The van der Waals surface area contributed by atoms with Crippen molar-refractivity contribution < 1.29 is 4.79 Å². The van der Waals surface area contributed by atoms with Gasteiger partial charge in [-0.05, 0) is 59.7 Å². The second-order valence-corrected chi connectivity index (χ2v) is 6.48. The lowest BCUT2D eigenvalue weighted by atomic mass is 10.1. The molecule has 0 atom stereocenters. The van der Waals surface area contributed by atoms with Gasteiger partial charge in [0.15, 0.2) is 5.69 Å². The molecule has 0 saturated heterocycles. The molecule has 5 aromatic heterocycles. The van der Waals surface area contributed by atoms with Gasteiger partial charge in [-0.25, -0.2) is 4.68 Å². The highest BCUT2D eigenvalue weighted by Gasteiger charge is 2.13. The van der Waals surface area contributed by atoms with Crippen LogP contribution in [0.4, 0.5) is 5.69 Å². The summed E-state index contributed by atoms with van der Waals surface area (Å²) in [4.78, 5) is 20.5. The summed E-state index contributed by atoms with van der Waals surface area (Å²) in [5.41, 5.74) is 4.14. The molecule has 1 amide bonds. The third-order valence-corrected chi connectivity index (χ3v) is 4.62. The largest absolute Gasteiger partial charge is 0.319 e. The first kappa shape index (κ1) is 16.9. The van der Waals surface area contributed by atoms with Crippen LogP contribution in [0.2, 0.25) is 0 Å². The average Bonchev–Trinajstić information content (AvgIpc) is 3.42. The first-order chi connectivity index (χ1) is 14.3. The molecule has 0 aromatic carbocycles. The lowest BCUT2D eigenvalue weighted by molar-refractivity contribution is 0.102. The third kappa shape index (κ3) is 3.25. The van der Waals surface area contributed by atoms with E-state index >= 15 is 0 Å². The number of fused-ring (bicyclic) bond motifs is 1. The van der Waals surface area contributed by atoms with Crippen molar-refractivity contribution >= 4 is 17.1 Å². The van der Waals surface area contributed by atoms with Crippen LogP contribution in [0.5, 0.6) is 0 Å². The number of pyridine rings is 3. The van der Waals surface area contributed by atoms with E-state index in [9.17, 15) is 4.79 Å². The highest BCUT2D eigenvalue weighted by molar-refractivity contribution is 6.02. The van der Waals surface area contributed by atoms with E-state index in [4.69, 9.17) is 0 Å². The lowest BCUT2D eigenvalue weighted by Crippen LogP contribution is -2.13. The molecule has 0 saturated carbocycles. The molecular formula is C22H16N6O. The van der Waals surface area contributed by atoms with Crippen molar-refractivity contribution in [1.82, 2.24) is 24.1 Å². The fraction of sp³-hybridized carbons (Fsp3) is 0. The van der Waals surface area contributed by atoms with E-state index in [1.165, 1.54) is 0 Å². The first-order valence-electron chi connectivity index (χ1n) is 9.07. The van der Waals surface area contributed by atoms with Crippen molar-refractivity contribution in [2.45, 2.75) is 0 Å². The molecular weight excluding hydrogens is 364 g/mol. The predicted molar refractivity (Wildman–Crippen MR) is 110 cm³/mol. The van der Waals surface area contributed by atoms with Crippen LogP contribution in [0.15, 0.2) is 91.8 Å². The minimum absolute atomic E-state index is 0.282. The summed E-state index contributed by atoms with van der Waals surface area (Å²) < 4.78 is 3.74. The van der Waals surface area contributed by atoms with E-state index in [-0.39, 0.29) is 5.91 Å². The fourth-order valence-electron chi connectivity index (χ4n) is 3.19. The SMILES string of the molecule is O=C(Nc1cccnc1)c1ccn(-c2ccc3ccc(-c4ccncc4)cn23)n1. The summed E-state index contributed by atoms with van der Waals surface area (Å²) in [7, 11) is 0. The number of hydrogen-bond donors (Lipinski definition) is 1. The Kier molecular flexibility index (Phi) is 4.10. The summed E-state index contributed by atoms with van der Waals surface area (Å²) in [5, 5.41) is 7.25. The number of amides is 1. The van der Waals surface area contributed by atoms with Crippen molar-refractivity contribution in [2.24, 2.45) is 0 Å². The van der Waals surface area contributed by atoms with Gasteiger partial charge in [0.05, 0.1) is 11.9 Å². The smallest absolute Gasteiger partial charge is 0.276 e. The van der Waals surface area contributed by atoms with Gasteiger partial charge in [0, 0.05) is 36.5 Å². The molecule has 0 aliphatic rings. The summed E-state index contributed by atoms with van der Waals surface area (Å²) in [6.45, 7) is 0. The summed E-state index contributed by atoms with van der Waals surface area (Å²) >= 11 is 0. The maximum absolute atomic E-state index is 12.5. The third-order valence-electron chi connectivity index (χ3n) is 4.62. The lowest BCUT2D eigenvalue weighted by Gasteiger charge is -2.07. The van der Waals surface area contributed by atoms with Gasteiger partial charge in [-0.15, -0.1) is 0 Å². The van der Waals surface area contributed by atoms with Crippen LogP contribution in [0, 0.1) is 0 Å². The molecule has 5 aromatic rings. The van der Waals surface area contributed by atoms with Crippen LogP contribution in [0.1, 0.15) is 10.5 Å². The minimum Gasteiger partial charge on any atom is -0.319 e. The van der Waals surface area contributed by atoms with Crippen LogP contribution >= 0.6 is 0 Å². The second-order valence-electron chi connectivity index (χ2n) is 6.48. The highest BCUT2D eigenvalue weighted by Crippen LogP contribution is 2.22. The molecule has 0 aliphatic heterocycles. The van der Waals surface area contributed by atoms with Gasteiger partial charge in [-0.2, -0.15) is 5.10 Å². The van der Waals surface area contributed by atoms with Crippen molar-refractivity contribution in [1.29, 1.82) is 0 Å². The molecule has 0 unspecified atom stereocenters. The Hall–Kier alpha value is -4.26. The molecule has 29 heavy (non-hydrogen) atoms. The maximum Gasteiger partial charge on any atom is 0.276 e. The molecule has 7 heteroatoms. The van der Waals surface area contributed by atoms with Crippen LogP contribution < -0.4 is 5.32 Å². The molecule has 140 valence electrons.